The predicted octanol–water partition coefficient (Wildman–Crippen LogP) is 6.92. The van der Waals surface area contributed by atoms with Gasteiger partial charge >= 0.3 is 0 Å². The van der Waals surface area contributed by atoms with Crippen LogP contribution in [0.2, 0.25) is 0 Å². The fourth-order valence-corrected chi connectivity index (χ4v) is 5.79. The van der Waals surface area contributed by atoms with Crippen LogP contribution in [0, 0.1) is 0 Å². The minimum atomic E-state index is 0.0543. The van der Waals surface area contributed by atoms with Crippen molar-refractivity contribution < 1.29 is 0 Å². The lowest BCUT2D eigenvalue weighted by Crippen LogP contribution is -2.29. The lowest BCUT2D eigenvalue weighted by molar-refractivity contribution is 0.535. The highest BCUT2D eigenvalue weighted by atomic mass is 14.7. The molecule has 0 atom stereocenters. The molecule has 6 rings (SSSR count). The summed E-state index contributed by atoms with van der Waals surface area (Å²) >= 11 is 0. The summed E-state index contributed by atoms with van der Waals surface area (Å²) in [6.45, 7) is 6.95. The van der Waals surface area contributed by atoms with E-state index in [0.29, 0.717) is 0 Å². The normalized spacial score (nSPS) is 17.2. The zero-order valence-corrected chi connectivity index (χ0v) is 17.4. The highest BCUT2D eigenvalue weighted by Crippen LogP contribution is 2.57. The quantitative estimate of drug-likeness (QED) is 0.332. The van der Waals surface area contributed by atoms with Gasteiger partial charge in [0.05, 0.1) is 11.2 Å². The van der Waals surface area contributed by atoms with Crippen LogP contribution in [0.25, 0.3) is 32.9 Å². The van der Waals surface area contributed by atoms with Crippen LogP contribution in [0.3, 0.4) is 0 Å². The number of fused-ring (bicyclic) bond motifs is 6. The first-order valence-electron chi connectivity index (χ1n) is 10.8. The summed E-state index contributed by atoms with van der Waals surface area (Å²) in [5, 5.41) is 3.93. The van der Waals surface area contributed by atoms with Crippen molar-refractivity contribution in [3.05, 3.63) is 71.5 Å². The van der Waals surface area contributed by atoms with Gasteiger partial charge in [-0.1, -0.05) is 63.9 Å². The van der Waals surface area contributed by atoms with Crippen molar-refractivity contribution in [2.45, 2.75) is 57.3 Å². The van der Waals surface area contributed by atoms with Crippen LogP contribution in [0.4, 0.5) is 0 Å². The Morgan fingerprint density at radius 3 is 2.48 bits per heavy atom. The zero-order valence-electron chi connectivity index (χ0n) is 17.4. The second-order valence-electron chi connectivity index (χ2n) is 9.88. The van der Waals surface area contributed by atoms with E-state index in [9.17, 15) is 0 Å². The van der Waals surface area contributed by atoms with Gasteiger partial charge in [-0.15, -0.1) is 0 Å². The molecule has 2 aromatic heterocycles. The van der Waals surface area contributed by atoms with Crippen molar-refractivity contribution in [1.82, 2.24) is 9.97 Å². The van der Waals surface area contributed by atoms with Crippen molar-refractivity contribution in [3.63, 3.8) is 0 Å². The number of aromatic nitrogens is 2. The van der Waals surface area contributed by atoms with Gasteiger partial charge in [0.15, 0.2) is 0 Å². The second-order valence-corrected chi connectivity index (χ2v) is 9.88. The summed E-state index contributed by atoms with van der Waals surface area (Å²) in [4.78, 5) is 9.80. The smallest absolute Gasteiger partial charge is 0.0787 e. The van der Waals surface area contributed by atoms with Crippen LogP contribution in [-0.4, -0.2) is 9.97 Å². The summed E-state index contributed by atoms with van der Waals surface area (Å²) in [7, 11) is 0. The molecule has 0 aliphatic heterocycles. The van der Waals surface area contributed by atoms with E-state index in [1.54, 1.807) is 0 Å². The predicted molar refractivity (Wildman–Crippen MR) is 120 cm³/mol. The van der Waals surface area contributed by atoms with Gasteiger partial charge in [0.2, 0.25) is 0 Å². The van der Waals surface area contributed by atoms with Crippen molar-refractivity contribution in [1.29, 1.82) is 0 Å². The molecule has 29 heavy (non-hydrogen) atoms. The minimum absolute atomic E-state index is 0.0543. The lowest BCUT2D eigenvalue weighted by atomic mass is 9.64. The molecule has 2 heteroatoms. The Hall–Kier alpha value is -2.74. The Bertz CT molecular complexity index is 1290. The molecule has 1 fully saturated rings. The van der Waals surface area contributed by atoms with Gasteiger partial charge < -0.3 is 0 Å². The maximum Gasteiger partial charge on any atom is 0.0787 e. The molecule has 0 unspecified atom stereocenters. The van der Waals surface area contributed by atoms with E-state index < -0.39 is 0 Å². The molecule has 1 saturated carbocycles. The molecule has 2 aliphatic carbocycles. The van der Waals surface area contributed by atoms with Gasteiger partial charge in [0.1, 0.15) is 0 Å². The minimum Gasteiger partial charge on any atom is -0.256 e. The first-order valence-corrected chi connectivity index (χ1v) is 10.8. The van der Waals surface area contributed by atoms with E-state index >= 15 is 0 Å². The van der Waals surface area contributed by atoms with Gasteiger partial charge in [-0.05, 0) is 52.5 Å². The number of benzene rings is 2. The third kappa shape index (κ3) is 2.23. The first-order chi connectivity index (χ1) is 14.0. The summed E-state index contributed by atoms with van der Waals surface area (Å²) in [6, 6.07) is 15.8. The van der Waals surface area contributed by atoms with Crippen LogP contribution in [-0.2, 0) is 10.8 Å². The van der Waals surface area contributed by atoms with Gasteiger partial charge in [-0.25, -0.2) is 0 Å². The summed E-state index contributed by atoms with van der Waals surface area (Å²) in [6.07, 6.45) is 8.88. The molecule has 2 aliphatic rings. The van der Waals surface area contributed by atoms with E-state index in [1.165, 1.54) is 64.1 Å². The molecule has 0 radical (unpaired) electrons. The van der Waals surface area contributed by atoms with Crippen LogP contribution in [0.15, 0.2) is 54.9 Å². The number of hydrogen-bond acceptors (Lipinski definition) is 2. The molecule has 2 nitrogen and oxygen atoms in total. The molecule has 0 saturated heterocycles. The highest BCUT2D eigenvalue weighted by Gasteiger charge is 2.45. The van der Waals surface area contributed by atoms with E-state index in [-0.39, 0.29) is 10.8 Å². The molecule has 2 aromatic carbocycles. The van der Waals surface area contributed by atoms with Crippen molar-refractivity contribution >= 4 is 21.7 Å². The van der Waals surface area contributed by atoms with Crippen molar-refractivity contribution in [3.8, 4) is 11.3 Å². The van der Waals surface area contributed by atoms with Crippen LogP contribution >= 0.6 is 0 Å². The van der Waals surface area contributed by atoms with Gasteiger partial charge in [-0.2, -0.15) is 0 Å². The fraction of sp³-hybridized carbons (Fsp3) is 0.333. The summed E-state index contributed by atoms with van der Waals surface area (Å²) in [5.74, 6) is 0. The monoisotopic (exact) mass is 378 g/mol. The summed E-state index contributed by atoms with van der Waals surface area (Å²) in [5.41, 5.74) is 8.09. The van der Waals surface area contributed by atoms with Gasteiger partial charge in [0, 0.05) is 34.1 Å². The number of pyridine rings is 2. The molecule has 0 amide bonds. The van der Waals surface area contributed by atoms with E-state index in [1.807, 2.05) is 18.5 Å². The van der Waals surface area contributed by atoms with Crippen LogP contribution < -0.4 is 0 Å². The average molecular weight is 379 g/mol. The topological polar surface area (TPSA) is 25.8 Å². The Morgan fingerprint density at radius 2 is 1.69 bits per heavy atom. The average Bonchev–Trinajstić information content (AvgIpc) is 3.20. The fourth-order valence-electron chi connectivity index (χ4n) is 5.79. The van der Waals surface area contributed by atoms with Crippen LogP contribution in [0.5, 0.6) is 0 Å². The molecule has 1 spiro atoms. The SMILES string of the molecule is CC(C)(C)c1cc2c3c(nccc3c1)-c1ccc3cccnc3c1C21CCCC1. The molecule has 2 heterocycles. The molecular formula is C27H26N2. The van der Waals surface area contributed by atoms with Gasteiger partial charge in [0.25, 0.3) is 0 Å². The van der Waals surface area contributed by atoms with E-state index in [2.05, 4.69) is 57.2 Å². The molecule has 0 N–H and O–H groups in total. The van der Waals surface area contributed by atoms with Crippen molar-refractivity contribution in [2.24, 2.45) is 0 Å². The Labute approximate surface area is 172 Å². The maximum atomic E-state index is 4.90. The first kappa shape index (κ1) is 17.1. The van der Waals surface area contributed by atoms with Crippen molar-refractivity contribution in [2.75, 3.05) is 0 Å². The summed E-state index contributed by atoms with van der Waals surface area (Å²) < 4.78 is 0. The largest absolute Gasteiger partial charge is 0.256 e. The highest BCUT2D eigenvalue weighted by molar-refractivity contribution is 6.05. The second kappa shape index (κ2) is 5.66. The van der Waals surface area contributed by atoms with Crippen LogP contribution in [0.1, 0.15) is 63.1 Å². The molecular weight excluding hydrogens is 352 g/mol. The molecule has 144 valence electrons. The van der Waals surface area contributed by atoms with E-state index in [4.69, 9.17) is 9.97 Å². The zero-order chi connectivity index (χ0) is 19.8. The number of hydrogen-bond donors (Lipinski definition) is 0. The third-order valence-corrected chi connectivity index (χ3v) is 7.21. The standard InChI is InChI=1S/C27H26N2/c1-26(2,3)19-15-18-10-14-29-25-20-9-8-17-7-6-13-28-24(17)23(20)27(11-4-5-12-27)21(16-19)22(18)25/h6-10,13-16H,4-5,11-12H2,1-3H3. The number of rotatable bonds is 0. The Morgan fingerprint density at radius 1 is 0.862 bits per heavy atom. The number of nitrogens with zero attached hydrogens (tertiary/aromatic N) is 2. The lowest BCUT2D eigenvalue weighted by Gasteiger charge is -2.39. The van der Waals surface area contributed by atoms with E-state index in [0.717, 1.165) is 11.2 Å². The third-order valence-electron chi connectivity index (χ3n) is 7.21. The van der Waals surface area contributed by atoms with Gasteiger partial charge in [-0.3, -0.25) is 9.97 Å². The molecule has 4 aromatic rings. The molecule has 0 bridgehead atoms. The Balaban J connectivity index is 1.83. The Kier molecular flexibility index (Phi) is 3.35. The maximum absolute atomic E-state index is 4.90.